The number of likely N-dealkylation sites (N-methyl/N-ethyl adjacent to an activating group) is 1. The first-order chi connectivity index (χ1) is 7.65. The van der Waals surface area contributed by atoms with Crippen LogP contribution in [0.15, 0.2) is 12.4 Å². The highest BCUT2D eigenvalue weighted by Crippen LogP contribution is 1.99. The molecule has 0 saturated heterocycles. The summed E-state index contributed by atoms with van der Waals surface area (Å²) < 4.78 is 1.92. The fraction of sp³-hybridized carbons (Fsp3) is 0.636. The van der Waals surface area contributed by atoms with Gasteiger partial charge in [0.2, 0.25) is 5.91 Å². The van der Waals surface area contributed by atoms with Crippen molar-refractivity contribution < 1.29 is 4.79 Å². The summed E-state index contributed by atoms with van der Waals surface area (Å²) in [5, 5.41) is 3.09. The van der Waals surface area contributed by atoms with Crippen LogP contribution >= 0.6 is 0 Å². The topological polar surface area (TPSA) is 50.2 Å². The summed E-state index contributed by atoms with van der Waals surface area (Å²) in [6.07, 6.45) is 4.66. The Labute approximate surface area is 96.5 Å². The molecule has 0 aliphatic carbocycles. The zero-order chi connectivity index (χ0) is 12.0. The highest BCUT2D eigenvalue weighted by atomic mass is 16.2. The number of imidazole rings is 1. The molecule has 1 heterocycles. The van der Waals surface area contributed by atoms with Crippen LogP contribution in [-0.2, 0) is 18.4 Å². The van der Waals surface area contributed by atoms with Gasteiger partial charge in [0, 0.05) is 26.5 Å². The average molecular weight is 224 g/mol. The van der Waals surface area contributed by atoms with Crippen LogP contribution in [0, 0.1) is 0 Å². The summed E-state index contributed by atoms with van der Waals surface area (Å²) in [4.78, 5) is 17.6. The SMILES string of the molecule is CCCNCC(=O)N(C)Cc1nccn1C. The van der Waals surface area contributed by atoms with Crippen molar-refractivity contribution in [2.45, 2.75) is 19.9 Å². The Morgan fingerprint density at radius 3 is 2.94 bits per heavy atom. The highest BCUT2D eigenvalue weighted by molar-refractivity contribution is 5.77. The molecule has 16 heavy (non-hydrogen) atoms. The molecule has 0 unspecified atom stereocenters. The number of hydrogen-bond donors (Lipinski definition) is 1. The van der Waals surface area contributed by atoms with Crippen molar-refractivity contribution >= 4 is 5.91 Å². The van der Waals surface area contributed by atoms with Crippen molar-refractivity contribution in [3.8, 4) is 0 Å². The van der Waals surface area contributed by atoms with Crippen LogP contribution in [0.4, 0.5) is 0 Å². The van der Waals surface area contributed by atoms with E-state index in [-0.39, 0.29) is 5.91 Å². The van der Waals surface area contributed by atoms with E-state index in [1.165, 1.54) is 0 Å². The van der Waals surface area contributed by atoms with Crippen LogP contribution in [0.3, 0.4) is 0 Å². The third-order valence-electron chi connectivity index (χ3n) is 2.43. The lowest BCUT2D eigenvalue weighted by atomic mass is 10.4. The molecule has 0 aliphatic heterocycles. The first kappa shape index (κ1) is 12.7. The molecule has 0 fully saturated rings. The molecule has 1 amide bonds. The average Bonchev–Trinajstić information content (AvgIpc) is 2.64. The molecule has 0 bridgehead atoms. The number of carbonyl (C=O) groups is 1. The van der Waals surface area contributed by atoms with E-state index in [1.54, 1.807) is 18.1 Å². The van der Waals surface area contributed by atoms with Gasteiger partial charge in [0.25, 0.3) is 0 Å². The zero-order valence-electron chi connectivity index (χ0n) is 10.2. The Kier molecular flexibility index (Phi) is 4.98. The standard InChI is InChI=1S/C11H20N4O/c1-4-5-12-8-11(16)15(3)9-10-13-6-7-14(10)2/h6-7,12H,4-5,8-9H2,1-3H3. The van der Waals surface area contributed by atoms with E-state index in [0.717, 1.165) is 18.8 Å². The number of nitrogens with one attached hydrogen (secondary N) is 1. The van der Waals surface area contributed by atoms with E-state index >= 15 is 0 Å². The molecule has 0 spiro atoms. The van der Waals surface area contributed by atoms with E-state index in [0.29, 0.717) is 13.1 Å². The summed E-state index contributed by atoms with van der Waals surface area (Å²) >= 11 is 0. The number of aryl methyl sites for hydroxylation is 1. The van der Waals surface area contributed by atoms with E-state index in [1.807, 2.05) is 17.8 Å². The van der Waals surface area contributed by atoms with Gasteiger partial charge in [-0.3, -0.25) is 4.79 Å². The van der Waals surface area contributed by atoms with Crippen molar-refractivity contribution in [1.29, 1.82) is 0 Å². The van der Waals surface area contributed by atoms with Gasteiger partial charge in [0.15, 0.2) is 0 Å². The minimum Gasteiger partial charge on any atom is -0.337 e. The van der Waals surface area contributed by atoms with Crippen LogP contribution in [-0.4, -0.2) is 40.5 Å². The van der Waals surface area contributed by atoms with Gasteiger partial charge in [-0.1, -0.05) is 6.92 Å². The lowest BCUT2D eigenvalue weighted by Crippen LogP contribution is -2.35. The molecule has 0 aliphatic rings. The summed E-state index contributed by atoms with van der Waals surface area (Å²) in [5.74, 6) is 0.989. The lowest BCUT2D eigenvalue weighted by Gasteiger charge is -2.17. The molecule has 1 aromatic heterocycles. The van der Waals surface area contributed by atoms with E-state index in [2.05, 4.69) is 17.2 Å². The molecular weight excluding hydrogens is 204 g/mol. The second kappa shape index (κ2) is 6.27. The summed E-state index contributed by atoms with van der Waals surface area (Å²) in [6, 6.07) is 0. The van der Waals surface area contributed by atoms with Gasteiger partial charge in [-0.25, -0.2) is 4.98 Å². The largest absolute Gasteiger partial charge is 0.337 e. The smallest absolute Gasteiger partial charge is 0.236 e. The molecule has 1 rings (SSSR count). The number of carbonyl (C=O) groups excluding carboxylic acids is 1. The fourth-order valence-electron chi connectivity index (χ4n) is 1.36. The van der Waals surface area contributed by atoms with Crippen molar-refractivity contribution in [3.05, 3.63) is 18.2 Å². The fourth-order valence-corrected chi connectivity index (χ4v) is 1.36. The second-order valence-corrected chi connectivity index (χ2v) is 3.88. The minimum absolute atomic E-state index is 0.0939. The van der Waals surface area contributed by atoms with Gasteiger partial charge in [-0.15, -0.1) is 0 Å². The van der Waals surface area contributed by atoms with E-state index in [4.69, 9.17) is 0 Å². The summed E-state index contributed by atoms with van der Waals surface area (Å²) in [5.41, 5.74) is 0. The second-order valence-electron chi connectivity index (χ2n) is 3.88. The van der Waals surface area contributed by atoms with Crippen molar-refractivity contribution in [1.82, 2.24) is 19.8 Å². The molecule has 0 radical (unpaired) electrons. The van der Waals surface area contributed by atoms with E-state index < -0.39 is 0 Å². The quantitative estimate of drug-likeness (QED) is 0.711. The molecule has 1 N–H and O–H groups in total. The first-order valence-electron chi connectivity index (χ1n) is 5.56. The summed E-state index contributed by atoms with van der Waals surface area (Å²) in [7, 11) is 3.72. The Morgan fingerprint density at radius 1 is 1.62 bits per heavy atom. The van der Waals surface area contributed by atoms with Crippen LogP contribution in [0.5, 0.6) is 0 Å². The van der Waals surface area contributed by atoms with Crippen LogP contribution < -0.4 is 5.32 Å². The molecule has 0 saturated carbocycles. The third kappa shape index (κ3) is 3.66. The Balaban J connectivity index is 2.37. The Hall–Kier alpha value is -1.36. The van der Waals surface area contributed by atoms with Crippen molar-refractivity contribution in [2.75, 3.05) is 20.1 Å². The van der Waals surface area contributed by atoms with Gasteiger partial charge in [0.1, 0.15) is 5.82 Å². The number of rotatable bonds is 6. The maximum atomic E-state index is 11.7. The number of aromatic nitrogens is 2. The third-order valence-corrected chi connectivity index (χ3v) is 2.43. The molecule has 1 aromatic rings. The van der Waals surface area contributed by atoms with Gasteiger partial charge in [-0.2, -0.15) is 0 Å². The zero-order valence-corrected chi connectivity index (χ0v) is 10.2. The van der Waals surface area contributed by atoms with Crippen molar-refractivity contribution in [2.24, 2.45) is 7.05 Å². The predicted molar refractivity (Wildman–Crippen MR) is 62.8 cm³/mol. The normalized spacial score (nSPS) is 10.4. The molecule has 5 heteroatoms. The van der Waals surface area contributed by atoms with Crippen LogP contribution in [0.2, 0.25) is 0 Å². The Bertz CT molecular complexity index is 334. The lowest BCUT2D eigenvalue weighted by molar-refractivity contribution is -0.129. The van der Waals surface area contributed by atoms with E-state index in [9.17, 15) is 4.79 Å². The number of hydrogen-bond acceptors (Lipinski definition) is 3. The monoisotopic (exact) mass is 224 g/mol. The number of amides is 1. The van der Waals surface area contributed by atoms with Crippen molar-refractivity contribution in [3.63, 3.8) is 0 Å². The highest BCUT2D eigenvalue weighted by Gasteiger charge is 2.10. The minimum atomic E-state index is 0.0939. The Morgan fingerprint density at radius 2 is 2.38 bits per heavy atom. The first-order valence-corrected chi connectivity index (χ1v) is 5.56. The molecule has 0 aromatic carbocycles. The van der Waals surface area contributed by atoms with Gasteiger partial charge in [0.05, 0.1) is 13.1 Å². The van der Waals surface area contributed by atoms with Crippen LogP contribution in [0.1, 0.15) is 19.2 Å². The van der Waals surface area contributed by atoms with Gasteiger partial charge in [-0.05, 0) is 13.0 Å². The summed E-state index contributed by atoms with van der Waals surface area (Å²) in [6.45, 7) is 3.90. The van der Waals surface area contributed by atoms with Gasteiger partial charge >= 0.3 is 0 Å². The molecule has 5 nitrogen and oxygen atoms in total. The van der Waals surface area contributed by atoms with Gasteiger partial charge < -0.3 is 14.8 Å². The molecule has 0 atom stereocenters. The number of nitrogens with zero attached hydrogens (tertiary/aromatic N) is 3. The predicted octanol–water partition coefficient (Wildman–Crippen LogP) is 0.378. The maximum Gasteiger partial charge on any atom is 0.236 e. The molecular formula is C11H20N4O. The van der Waals surface area contributed by atoms with Crippen LogP contribution in [0.25, 0.3) is 0 Å². The molecule has 90 valence electrons. The maximum absolute atomic E-state index is 11.7.